The molecule has 0 radical (unpaired) electrons. The maximum absolute atomic E-state index is 13.6. The van der Waals surface area contributed by atoms with Crippen LogP contribution in [-0.2, 0) is 23.9 Å². The van der Waals surface area contributed by atoms with Gasteiger partial charge in [0.25, 0.3) is 11.8 Å². The third-order valence-corrected chi connectivity index (χ3v) is 8.16. The Bertz CT molecular complexity index is 1530. The number of nitrogens with one attached hydrogen (secondary N) is 2. The van der Waals surface area contributed by atoms with E-state index in [4.69, 9.17) is 14.2 Å². The van der Waals surface area contributed by atoms with Crippen LogP contribution in [0.1, 0.15) is 50.0 Å². The zero-order chi connectivity index (χ0) is 34.8. The molecular weight excluding hydrogens is 628 g/mol. The van der Waals surface area contributed by atoms with Crippen LogP contribution >= 0.6 is 0 Å². The van der Waals surface area contributed by atoms with Crippen molar-refractivity contribution in [3.05, 3.63) is 30.0 Å². The first-order valence-corrected chi connectivity index (χ1v) is 16.0. The molecule has 0 unspecified atom stereocenters. The molecule has 2 saturated heterocycles. The number of aliphatic carboxylic acids is 1. The molecule has 16 heteroatoms. The summed E-state index contributed by atoms with van der Waals surface area (Å²) >= 11 is 0. The monoisotopic (exact) mass is 670 g/mol. The van der Waals surface area contributed by atoms with E-state index in [0.29, 0.717) is 42.6 Å². The highest BCUT2D eigenvalue weighted by atomic mass is 16.6. The number of methoxy groups -OCH3 is 1. The SMILES string of the molecule is CCNC(=O)[C@@H]1CCCN1C(=O)COc1cc(C(=O)N[C@@H](CCC(=O)O)C(=O)N2CCN(C(=O)OCC)CC2)nc2cc(OC)ccc12. The number of nitrogens with zero attached hydrogens (tertiary/aromatic N) is 4. The Kier molecular flexibility index (Phi) is 12.4. The first-order valence-electron chi connectivity index (χ1n) is 16.0. The first kappa shape index (κ1) is 35.7. The second kappa shape index (κ2) is 16.6. The van der Waals surface area contributed by atoms with Crippen LogP contribution in [0.15, 0.2) is 24.3 Å². The molecule has 2 aromatic rings. The molecule has 3 N–H and O–H groups in total. The van der Waals surface area contributed by atoms with Crippen LogP contribution in [0.25, 0.3) is 10.9 Å². The van der Waals surface area contributed by atoms with Gasteiger partial charge in [-0.05, 0) is 45.2 Å². The standard InChI is InChI=1S/C32H42N6O10/c1-4-33-30(43)25-7-6-12-38(25)27(39)19-48-26-18-24(34-23-17-20(46-3)8-9-21(23)26)29(42)35-22(10-11-28(40)41)31(44)36-13-15-37(16-14-36)32(45)47-5-2/h8-9,17-18,22,25H,4-7,10-16,19H2,1-3H3,(H,33,43)(H,35,42)(H,40,41)/t22-,25-/m0/s1. The Morgan fingerprint density at radius 1 is 1.02 bits per heavy atom. The average molecular weight is 671 g/mol. The van der Waals surface area contributed by atoms with Crippen molar-refractivity contribution in [1.82, 2.24) is 30.3 Å². The number of hydrogen-bond donors (Lipinski definition) is 3. The molecule has 0 saturated carbocycles. The lowest BCUT2D eigenvalue weighted by Crippen LogP contribution is -2.56. The molecule has 4 rings (SSSR count). The van der Waals surface area contributed by atoms with Crippen LogP contribution in [0.2, 0.25) is 0 Å². The minimum absolute atomic E-state index is 0.139. The Balaban J connectivity index is 1.53. The van der Waals surface area contributed by atoms with Gasteiger partial charge >= 0.3 is 12.1 Å². The number of piperazine rings is 1. The zero-order valence-electron chi connectivity index (χ0n) is 27.4. The molecule has 2 aliphatic heterocycles. The largest absolute Gasteiger partial charge is 0.497 e. The van der Waals surface area contributed by atoms with Crippen molar-refractivity contribution in [2.24, 2.45) is 0 Å². The number of amides is 5. The molecule has 0 bridgehead atoms. The van der Waals surface area contributed by atoms with E-state index in [-0.39, 0.29) is 63.0 Å². The molecule has 0 aliphatic carbocycles. The summed E-state index contributed by atoms with van der Waals surface area (Å²) in [6, 6.07) is 4.49. The highest BCUT2D eigenvalue weighted by Crippen LogP contribution is 2.29. The van der Waals surface area contributed by atoms with Gasteiger partial charge in [0.05, 0.1) is 19.2 Å². The molecule has 2 aliphatic rings. The highest BCUT2D eigenvalue weighted by Gasteiger charge is 2.34. The summed E-state index contributed by atoms with van der Waals surface area (Å²) < 4.78 is 16.3. The molecule has 2 atom stereocenters. The van der Waals surface area contributed by atoms with E-state index >= 15 is 0 Å². The minimum atomic E-state index is -1.20. The number of pyridine rings is 1. The lowest BCUT2D eigenvalue weighted by molar-refractivity contribution is -0.139. The van der Waals surface area contributed by atoms with E-state index in [2.05, 4.69) is 15.6 Å². The van der Waals surface area contributed by atoms with E-state index in [1.54, 1.807) is 32.0 Å². The normalized spacial score (nSPS) is 16.6. The summed E-state index contributed by atoms with van der Waals surface area (Å²) in [6.07, 6.45) is 0.175. The van der Waals surface area contributed by atoms with Crippen molar-refractivity contribution in [1.29, 1.82) is 0 Å². The minimum Gasteiger partial charge on any atom is -0.497 e. The summed E-state index contributed by atoms with van der Waals surface area (Å²) in [7, 11) is 1.47. The molecule has 5 amide bonds. The summed E-state index contributed by atoms with van der Waals surface area (Å²) in [5.41, 5.74) is 0.175. The fourth-order valence-electron chi connectivity index (χ4n) is 5.69. The number of rotatable bonds is 13. The number of likely N-dealkylation sites (N-methyl/N-ethyl adjacent to an activating group) is 1. The number of benzene rings is 1. The fraction of sp³-hybridized carbons (Fsp3) is 0.531. The number of carboxylic acid groups (broad SMARTS) is 1. The maximum atomic E-state index is 13.6. The summed E-state index contributed by atoms with van der Waals surface area (Å²) in [5, 5.41) is 15.2. The number of likely N-dealkylation sites (tertiary alicyclic amines) is 1. The number of carbonyl (C=O) groups excluding carboxylic acids is 5. The predicted octanol–water partition coefficient (Wildman–Crippen LogP) is 1.01. The van der Waals surface area contributed by atoms with E-state index in [0.717, 1.165) is 0 Å². The van der Waals surface area contributed by atoms with Crippen molar-refractivity contribution in [3.8, 4) is 11.5 Å². The van der Waals surface area contributed by atoms with E-state index < -0.39 is 48.5 Å². The fourth-order valence-corrected chi connectivity index (χ4v) is 5.69. The predicted molar refractivity (Wildman–Crippen MR) is 171 cm³/mol. The molecule has 0 spiro atoms. The smallest absolute Gasteiger partial charge is 0.409 e. The van der Waals surface area contributed by atoms with Crippen molar-refractivity contribution in [2.45, 2.75) is 51.6 Å². The molecule has 16 nitrogen and oxygen atoms in total. The summed E-state index contributed by atoms with van der Waals surface area (Å²) in [4.78, 5) is 85.1. The van der Waals surface area contributed by atoms with E-state index in [1.165, 1.54) is 27.9 Å². The van der Waals surface area contributed by atoms with Gasteiger partial charge in [0.2, 0.25) is 11.8 Å². The van der Waals surface area contributed by atoms with Crippen molar-refractivity contribution in [2.75, 3.05) is 59.6 Å². The summed E-state index contributed by atoms with van der Waals surface area (Å²) in [5.74, 6) is -2.40. The van der Waals surface area contributed by atoms with Gasteiger partial charge in [-0.3, -0.25) is 24.0 Å². The van der Waals surface area contributed by atoms with Crippen molar-refractivity contribution >= 4 is 46.6 Å². The Hall–Kier alpha value is -5.15. The lowest BCUT2D eigenvalue weighted by atomic mass is 10.1. The highest BCUT2D eigenvalue weighted by molar-refractivity contribution is 6.00. The number of fused-ring (bicyclic) bond motifs is 1. The number of aromatic nitrogens is 1. The number of hydrogen-bond acceptors (Lipinski definition) is 10. The molecule has 1 aromatic carbocycles. The van der Waals surface area contributed by atoms with Crippen LogP contribution in [-0.4, -0.2) is 132 Å². The van der Waals surface area contributed by atoms with Gasteiger partial charge in [-0.15, -0.1) is 0 Å². The molecule has 3 heterocycles. The molecule has 260 valence electrons. The topological polar surface area (TPSA) is 197 Å². The van der Waals surface area contributed by atoms with Crippen LogP contribution in [0.3, 0.4) is 0 Å². The lowest BCUT2D eigenvalue weighted by Gasteiger charge is -2.35. The van der Waals surface area contributed by atoms with E-state index in [1.807, 2.05) is 0 Å². The van der Waals surface area contributed by atoms with Crippen LogP contribution in [0.5, 0.6) is 11.5 Å². The second-order valence-corrected chi connectivity index (χ2v) is 11.3. The first-order chi connectivity index (χ1) is 23.1. The Labute approximate surface area is 277 Å². The van der Waals surface area contributed by atoms with E-state index in [9.17, 15) is 33.9 Å². The number of ether oxygens (including phenoxy) is 3. The maximum Gasteiger partial charge on any atom is 0.409 e. The average Bonchev–Trinajstić information content (AvgIpc) is 3.59. The Morgan fingerprint density at radius 3 is 2.42 bits per heavy atom. The van der Waals surface area contributed by atoms with Gasteiger partial charge in [0.15, 0.2) is 6.61 Å². The molecule has 1 aromatic heterocycles. The third kappa shape index (κ3) is 8.80. The van der Waals surface area contributed by atoms with Gasteiger partial charge in [0, 0.05) is 63.2 Å². The number of carboxylic acids is 1. The van der Waals surface area contributed by atoms with Gasteiger partial charge in [-0.25, -0.2) is 9.78 Å². The van der Waals surface area contributed by atoms with Crippen LogP contribution < -0.4 is 20.1 Å². The molecule has 48 heavy (non-hydrogen) atoms. The van der Waals surface area contributed by atoms with Gasteiger partial charge in [-0.1, -0.05) is 0 Å². The van der Waals surface area contributed by atoms with Gasteiger partial charge in [-0.2, -0.15) is 0 Å². The van der Waals surface area contributed by atoms with Crippen molar-refractivity contribution < 1.29 is 48.1 Å². The Morgan fingerprint density at radius 2 is 1.75 bits per heavy atom. The quantitative estimate of drug-likeness (QED) is 0.275. The summed E-state index contributed by atoms with van der Waals surface area (Å²) in [6.45, 7) is 4.97. The van der Waals surface area contributed by atoms with Crippen LogP contribution in [0.4, 0.5) is 4.79 Å². The second-order valence-electron chi connectivity index (χ2n) is 11.3. The van der Waals surface area contributed by atoms with Gasteiger partial charge < -0.3 is 44.7 Å². The number of carbonyl (C=O) groups is 6. The van der Waals surface area contributed by atoms with Crippen LogP contribution in [0, 0.1) is 0 Å². The zero-order valence-corrected chi connectivity index (χ0v) is 27.4. The third-order valence-electron chi connectivity index (χ3n) is 8.16. The van der Waals surface area contributed by atoms with Gasteiger partial charge in [0.1, 0.15) is 29.3 Å². The molecule has 2 fully saturated rings. The molecular formula is C32H42N6O10. The van der Waals surface area contributed by atoms with Crippen molar-refractivity contribution in [3.63, 3.8) is 0 Å².